The van der Waals surface area contributed by atoms with Gasteiger partial charge in [-0.1, -0.05) is 96.8 Å². The number of hydrogen-bond acceptors (Lipinski definition) is 2. The summed E-state index contributed by atoms with van der Waals surface area (Å²) < 4.78 is 0. The molecule has 1 aliphatic rings. The van der Waals surface area contributed by atoms with E-state index in [1.165, 1.54) is 83.5 Å². The zero-order chi connectivity index (χ0) is 17.5. The molecule has 0 aromatic heterocycles. The fourth-order valence-corrected chi connectivity index (χ4v) is 3.32. The average Bonchev–Trinajstić information content (AvgIpc) is 3.38. The molecule has 1 saturated heterocycles. The van der Waals surface area contributed by atoms with Gasteiger partial charge >= 0.3 is 0 Å². The van der Waals surface area contributed by atoms with Crippen LogP contribution in [0.25, 0.3) is 0 Å². The molecule has 24 heavy (non-hydrogen) atoms. The van der Waals surface area contributed by atoms with Crippen molar-refractivity contribution in [2.24, 2.45) is 0 Å². The summed E-state index contributed by atoms with van der Waals surface area (Å²) in [4.78, 5) is 13.4. The summed E-state index contributed by atoms with van der Waals surface area (Å²) in [6, 6.07) is 2.01. The Balaban J connectivity index is 1.71. The summed E-state index contributed by atoms with van der Waals surface area (Å²) in [6.45, 7) is 2.94. The zero-order valence-electron chi connectivity index (χ0n) is 15.9. The van der Waals surface area contributed by atoms with E-state index in [2.05, 4.69) is 13.0 Å². The van der Waals surface area contributed by atoms with E-state index in [4.69, 9.17) is 5.26 Å². The Hall–Kier alpha value is -1.04. The maximum Gasteiger partial charge on any atom is 0.223 e. The minimum Gasteiger partial charge on any atom is -0.322 e. The molecule has 1 unspecified atom stereocenters. The molecule has 1 atom stereocenters. The number of carbonyl (C=O) groups excluding carboxylic acids is 1. The molecule has 1 amide bonds. The molecule has 1 rings (SSSR count). The normalized spacial score (nSPS) is 16.2. The highest BCUT2D eigenvalue weighted by molar-refractivity contribution is 5.79. The van der Waals surface area contributed by atoms with Gasteiger partial charge < -0.3 is 4.90 Å². The summed E-state index contributed by atoms with van der Waals surface area (Å²) in [5, 5.41) is 8.69. The van der Waals surface area contributed by atoms with Crippen molar-refractivity contribution in [2.45, 2.75) is 116 Å². The molecule has 0 N–H and O–H groups in total. The molecule has 1 heterocycles. The Morgan fingerprint density at radius 3 is 1.62 bits per heavy atom. The molecule has 0 aromatic carbocycles. The largest absolute Gasteiger partial charge is 0.322 e. The third kappa shape index (κ3) is 10.7. The van der Waals surface area contributed by atoms with Crippen LogP contribution >= 0.6 is 0 Å². The summed E-state index contributed by atoms with van der Waals surface area (Å²) >= 11 is 0. The molecule has 1 fully saturated rings. The highest BCUT2D eigenvalue weighted by Crippen LogP contribution is 2.19. The van der Waals surface area contributed by atoms with Crippen molar-refractivity contribution in [1.29, 1.82) is 5.26 Å². The van der Waals surface area contributed by atoms with E-state index >= 15 is 0 Å². The highest BCUT2D eigenvalue weighted by atomic mass is 16.2. The number of amides is 1. The van der Waals surface area contributed by atoms with Crippen LogP contribution in [0.1, 0.15) is 110 Å². The maximum absolute atomic E-state index is 11.7. The van der Waals surface area contributed by atoms with Crippen molar-refractivity contribution in [3.8, 4) is 6.07 Å². The van der Waals surface area contributed by atoms with Crippen molar-refractivity contribution in [3.05, 3.63) is 0 Å². The van der Waals surface area contributed by atoms with Gasteiger partial charge in [-0.25, -0.2) is 0 Å². The van der Waals surface area contributed by atoms with Gasteiger partial charge in [0.15, 0.2) is 0 Å². The van der Waals surface area contributed by atoms with Crippen LogP contribution in [-0.2, 0) is 4.79 Å². The first-order valence-electron chi connectivity index (χ1n) is 10.5. The van der Waals surface area contributed by atoms with Crippen LogP contribution in [0.3, 0.4) is 0 Å². The predicted octanol–water partition coefficient (Wildman–Crippen LogP) is 5.98. The van der Waals surface area contributed by atoms with Gasteiger partial charge in [0.1, 0.15) is 6.04 Å². The number of unbranched alkanes of at least 4 members (excludes halogenated alkanes) is 14. The quantitative estimate of drug-likeness (QED) is 0.257. The first-order chi connectivity index (χ1) is 11.8. The highest BCUT2D eigenvalue weighted by Gasteiger charge is 2.37. The van der Waals surface area contributed by atoms with Crippen LogP contribution in [-0.4, -0.2) is 23.4 Å². The summed E-state index contributed by atoms with van der Waals surface area (Å²) in [6.07, 6.45) is 20.8. The average molecular weight is 335 g/mol. The molecule has 0 aliphatic carbocycles. The molecular formula is C21H38N2O. The second-order valence-electron chi connectivity index (χ2n) is 7.39. The molecule has 0 aromatic rings. The molecule has 138 valence electrons. The van der Waals surface area contributed by atoms with Crippen LogP contribution in [0, 0.1) is 11.3 Å². The predicted molar refractivity (Wildman–Crippen MR) is 101 cm³/mol. The maximum atomic E-state index is 11.7. The topological polar surface area (TPSA) is 43.9 Å². The van der Waals surface area contributed by atoms with E-state index in [0.29, 0.717) is 13.0 Å². The summed E-state index contributed by atoms with van der Waals surface area (Å²) in [5.74, 6) is 0.177. The van der Waals surface area contributed by atoms with Gasteiger partial charge in [0, 0.05) is 6.42 Å². The second-order valence-corrected chi connectivity index (χ2v) is 7.39. The van der Waals surface area contributed by atoms with Crippen LogP contribution in [0.15, 0.2) is 0 Å². The Labute approximate surface area is 149 Å². The number of nitrogens with zero attached hydrogens (tertiary/aromatic N) is 2. The van der Waals surface area contributed by atoms with E-state index in [-0.39, 0.29) is 11.9 Å². The van der Waals surface area contributed by atoms with Gasteiger partial charge in [0.2, 0.25) is 5.91 Å². The molecule has 0 saturated carbocycles. The van der Waals surface area contributed by atoms with Gasteiger partial charge in [-0.3, -0.25) is 4.79 Å². The molecule has 0 radical (unpaired) electrons. The van der Waals surface area contributed by atoms with Crippen LogP contribution in [0.5, 0.6) is 0 Å². The molecule has 3 heteroatoms. The van der Waals surface area contributed by atoms with Crippen molar-refractivity contribution in [3.63, 3.8) is 0 Å². The third-order valence-electron chi connectivity index (χ3n) is 5.08. The zero-order valence-corrected chi connectivity index (χ0v) is 15.9. The number of hydrogen-bond donors (Lipinski definition) is 0. The Bertz CT molecular complexity index is 361. The van der Waals surface area contributed by atoms with Crippen LogP contribution < -0.4 is 0 Å². The van der Waals surface area contributed by atoms with E-state index in [0.717, 1.165) is 12.8 Å². The van der Waals surface area contributed by atoms with Crippen molar-refractivity contribution in [1.82, 2.24) is 4.90 Å². The van der Waals surface area contributed by atoms with E-state index in [1.54, 1.807) is 4.90 Å². The third-order valence-corrected chi connectivity index (χ3v) is 5.08. The second kappa shape index (κ2) is 14.3. The monoisotopic (exact) mass is 334 g/mol. The Morgan fingerprint density at radius 1 is 0.833 bits per heavy atom. The SMILES string of the molecule is CCCCCCCCCCCCCCCCCC(=O)N1CC1C#N. The number of carbonyl (C=O) groups is 1. The summed E-state index contributed by atoms with van der Waals surface area (Å²) in [7, 11) is 0. The fraction of sp³-hybridized carbons (Fsp3) is 0.905. The van der Waals surface area contributed by atoms with E-state index < -0.39 is 0 Å². The lowest BCUT2D eigenvalue weighted by molar-refractivity contribution is -0.126. The first-order valence-corrected chi connectivity index (χ1v) is 10.5. The van der Waals surface area contributed by atoms with Gasteiger partial charge in [-0.05, 0) is 6.42 Å². The lowest BCUT2D eigenvalue weighted by Crippen LogP contribution is -2.12. The smallest absolute Gasteiger partial charge is 0.223 e. The number of rotatable bonds is 16. The van der Waals surface area contributed by atoms with Crippen molar-refractivity contribution in [2.75, 3.05) is 6.54 Å². The minimum atomic E-state index is -0.117. The molecule has 0 spiro atoms. The van der Waals surface area contributed by atoms with Crippen molar-refractivity contribution >= 4 is 5.91 Å². The van der Waals surface area contributed by atoms with Crippen molar-refractivity contribution < 1.29 is 4.79 Å². The van der Waals surface area contributed by atoms with Gasteiger partial charge in [0.25, 0.3) is 0 Å². The van der Waals surface area contributed by atoms with Gasteiger partial charge in [-0.15, -0.1) is 0 Å². The molecular weight excluding hydrogens is 296 g/mol. The lowest BCUT2D eigenvalue weighted by Gasteiger charge is -2.04. The summed E-state index contributed by atoms with van der Waals surface area (Å²) in [5.41, 5.74) is 0. The lowest BCUT2D eigenvalue weighted by atomic mass is 10.0. The van der Waals surface area contributed by atoms with Crippen LogP contribution in [0.4, 0.5) is 0 Å². The van der Waals surface area contributed by atoms with Gasteiger partial charge in [0.05, 0.1) is 12.6 Å². The van der Waals surface area contributed by atoms with E-state index in [9.17, 15) is 4.79 Å². The molecule has 1 aliphatic heterocycles. The Kier molecular flexibility index (Phi) is 12.5. The van der Waals surface area contributed by atoms with Gasteiger partial charge in [-0.2, -0.15) is 5.26 Å². The Morgan fingerprint density at radius 2 is 1.25 bits per heavy atom. The number of nitriles is 1. The minimum absolute atomic E-state index is 0.117. The fourth-order valence-electron chi connectivity index (χ4n) is 3.32. The van der Waals surface area contributed by atoms with E-state index in [1.807, 2.05) is 0 Å². The standard InChI is InChI=1S/C21H38N2O/c1-2-3-4-5-6-7-8-9-10-11-12-13-14-15-16-17-21(24)23-19-20(23)18-22/h20H,2-17,19H2,1H3. The molecule has 3 nitrogen and oxygen atoms in total. The first kappa shape index (κ1) is 21.0. The molecule has 0 bridgehead atoms. The van der Waals surface area contributed by atoms with Crippen LogP contribution in [0.2, 0.25) is 0 Å².